The smallest absolute Gasteiger partial charge is 0.0587 e. The van der Waals surface area contributed by atoms with Gasteiger partial charge in [0.2, 0.25) is 0 Å². The van der Waals surface area contributed by atoms with Gasteiger partial charge in [0, 0.05) is 31.9 Å². The van der Waals surface area contributed by atoms with Gasteiger partial charge in [0.1, 0.15) is 0 Å². The first-order valence-electron chi connectivity index (χ1n) is 6.60. The Morgan fingerprint density at radius 2 is 1.67 bits per heavy atom. The molecule has 0 saturated heterocycles. The van der Waals surface area contributed by atoms with Gasteiger partial charge in [0.15, 0.2) is 0 Å². The molecule has 0 bridgehead atoms. The van der Waals surface area contributed by atoms with Crippen LogP contribution >= 0.6 is 0 Å². The Hall–Kier alpha value is -1.06. The van der Waals surface area contributed by atoms with E-state index < -0.39 is 0 Å². The average Bonchev–Trinajstić information content (AvgIpc) is 2.35. The van der Waals surface area contributed by atoms with Gasteiger partial charge in [0.05, 0.1) is 6.61 Å². The van der Waals surface area contributed by atoms with Crippen molar-refractivity contribution in [3.05, 3.63) is 29.8 Å². The zero-order valence-electron chi connectivity index (χ0n) is 12.1. The fourth-order valence-electron chi connectivity index (χ4n) is 1.93. The van der Waals surface area contributed by atoms with Crippen LogP contribution in [0.5, 0.6) is 0 Å². The van der Waals surface area contributed by atoms with E-state index in [2.05, 4.69) is 55.3 Å². The van der Waals surface area contributed by atoms with Crippen LogP contribution in [0.4, 0.5) is 5.69 Å². The van der Waals surface area contributed by atoms with E-state index in [1.165, 1.54) is 11.3 Å². The summed E-state index contributed by atoms with van der Waals surface area (Å²) in [6.45, 7) is 6.55. The Labute approximate surface area is 111 Å². The molecule has 0 aliphatic rings. The van der Waals surface area contributed by atoms with E-state index in [-0.39, 0.29) is 18.7 Å². The molecule has 0 saturated carbocycles. The fourth-order valence-corrected chi connectivity index (χ4v) is 1.93. The molecule has 0 spiro atoms. The van der Waals surface area contributed by atoms with E-state index in [0.29, 0.717) is 5.92 Å². The predicted octanol–water partition coefficient (Wildman–Crippen LogP) is 2.42. The first-order chi connectivity index (χ1) is 8.45. The van der Waals surface area contributed by atoms with E-state index >= 15 is 0 Å². The van der Waals surface area contributed by atoms with Crippen molar-refractivity contribution in [1.82, 2.24) is 5.32 Å². The highest BCUT2D eigenvalue weighted by Gasteiger charge is 2.15. The lowest BCUT2D eigenvalue weighted by atomic mass is 10.0. The Morgan fingerprint density at radius 1 is 1.11 bits per heavy atom. The number of rotatable bonds is 6. The maximum atomic E-state index is 9.34. The van der Waals surface area contributed by atoms with Crippen LogP contribution in [0.15, 0.2) is 24.3 Å². The second-order valence-electron chi connectivity index (χ2n) is 5.41. The topological polar surface area (TPSA) is 35.5 Å². The molecule has 2 unspecified atom stereocenters. The summed E-state index contributed by atoms with van der Waals surface area (Å²) < 4.78 is 0. The number of anilines is 1. The molecule has 18 heavy (non-hydrogen) atoms. The number of hydrogen-bond acceptors (Lipinski definition) is 3. The lowest BCUT2D eigenvalue weighted by molar-refractivity contribution is 0.201. The van der Waals surface area contributed by atoms with Gasteiger partial charge in [-0.2, -0.15) is 0 Å². The van der Waals surface area contributed by atoms with E-state index in [4.69, 9.17) is 0 Å². The van der Waals surface area contributed by atoms with Gasteiger partial charge in [-0.15, -0.1) is 0 Å². The van der Waals surface area contributed by atoms with Gasteiger partial charge in [-0.1, -0.05) is 26.0 Å². The molecular weight excluding hydrogens is 224 g/mol. The third-order valence-electron chi connectivity index (χ3n) is 3.37. The second-order valence-corrected chi connectivity index (χ2v) is 5.41. The molecule has 2 N–H and O–H groups in total. The third-order valence-corrected chi connectivity index (χ3v) is 3.37. The molecule has 0 amide bonds. The number of nitrogens with one attached hydrogen (secondary N) is 1. The lowest BCUT2D eigenvalue weighted by Crippen LogP contribution is -2.38. The van der Waals surface area contributed by atoms with Crippen LogP contribution in [0.1, 0.15) is 32.4 Å². The minimum Gasteiger partial charge on any atom is -0.395 e. The van der Waals surface area contributed by atoms with Crippen molar-refractivity contribution in [1.29, 1.82) is 0 Å². The second kappa shape index (κ2) is 6.76. The quantitative estimate of drug-likeness (QED) is 0.814. The molecule has 0 fully saturated rings. The molecule has 0 radical (unpaired) electrons. The number of hydrogen-bond donors (Lipinski definition) is 2. The van der Waals surface area contributed by atoms with Crippen molar-refractivity contribution in [2.45, 2.75) is 32.9 Å². The summed E-state index contributed by atoms with van der Waals surface area (Å²) in [6, 6.07) is 8.92. The summed E-state index contributed by atoms with van der Waals surface area (Å²) in [5, 5.41) is 12.8. The van der Waals surface area contributed by atoms with Gasteiger partial charge >= 0.3 is 0 Å². The largest absolute Gasteiger partial charge is 0.395 e. The van der Waals surface area contributed by atoms with Crippen LogP contribution in [0.2, 0.25) is 0 Å². The summed E-state index contributed by atoms with van der Waals surface area (Å²) in [5.74, 6) is 0.429. The molecule has 0 heterocycles. The SMILES string of the molecule is CC(NC(CO)C(C)C)c1ccc(N(C)C)cc1. The molecule has 0 aliphatic heterocycles. The summed E-state index contributed by atoms with van der Waals surface area (Å²) >= 11 is 0. The molecule has 1 aromatic rings. The molecule has 3 nitrogen and oxygen atoms in total. The van der Waals surface area contributed by atoms with Gasteiger partial charge in [-0.05, 0) is 30.5 Å². The molecule has 0 aliphatic carbocycles. The first-order valence-corrected chi connectivity index (χ1v) is 6.60. The van der Waals surface area contributed by atoms with Crippen LogP contribution in [0.25, 0.3) is 0 Å². The van der Waals surface area contributed by atoms with Crippen LogP contribution < -0.4 is 10.2 Å². The predicted molar refractivity (Wildman–Crippen MR) is 78.0 cm³/mol. The number of aliphatic hydroxyl groups excluding tert-OH is 1. The van der Waals surface area contributed by atoms with E-state index in [0.717, 1.165) is 0 Å². The monoisotopic (exact) mass is 250 g/mol. The highest BCUT2D eigenvalue weighted by atomic mass is 16.3. The van der Waals surface area contributed by atoms with Gasteiger partial charge in [0.25, 0.3) is 0 Å². The zero-order valence-corrected chi connectivity index (χ0v) is 12.1. The van der Waals surface area contributed by atoms with Crippen molar-refractivity contribution in [3.8, 4) is 0 Å². The van der Waals surface area contributed by atoms with Crippen molar-refractivity contribution < 1.29 is 5.11 Å². The maximum Gasteiger partial charge on any atom is 0.0587 e. The number of benzene rings is 1. The van der Waals surface area contributed by atoms with Gasteiger partial charge < -0.3 is 15.3 Å². The Morgan fingerprint density at radius 3 is 2.06 bits per heavy atom. The summed E-state index contributed by atoms with van der Waals surface area (Å²) in [7, 11) is 4.08. The standard InChI is InChI=1S/C15H26N2O/c1-11(2)15(10-18)16-12(3)13-6-8-14(9-7-13)17(4)5/h6-9,11-12,15-16,18H,10H2,1-5H3. The average molecular weight is 250 g/mol. The number of nitrogens with zero attached hydrogens (tertiary/aromatic N) is 1. The number of aliphatic hydroxyl groups is 1. The summed E-state index contributed by atoms with van der Waals surface area (Å²) in [5.41, 5.74) is 2.45. The Kier molecular flexibility index (Phi) is 5.63. The van der Waals surface area contributed by atoms with Crippen LogP contribution in [0.3, 0.4) is 0 Å². The molecule has 1 aromatic carbocycles. The first kappa shape index (κ1) is 15.0. The fraction of sp³-hybridized carbons (Fsp3) is 0.600. The van der Waals surface area contributed by atoms with Crippen LogP contribution in [0, 0.1) is 5.92 Å². The molecule has 2 atom stereocenters. The summed E-state index contributed by atoms with van der Waals surface area (Å²) in [6.07, 6.45) is 0. The Bertz CT molecular complexity index is 346. The lowest BCUT2D eigenvalue weighted by Gasteiger charge is -2.25. The van der Waals surface area contributed by atoms with Gasteiger partial charge in [-0.25, -0.2) is 0 Å². The van der Waals surface area contributed by atoms with Crippen molar-refractivity contribution in [2.24, 2.45) is 5.92 Å². The van der Waals surface area contributed by atoms with Crippen LogP contribution in [-0.2, 0) is 0 Å². The summed E-state index contributed by atoms with van der Waals surface area (Å²) in [4.78, 5) is 2.09. The van der Waals surface area contributed by atoms with E-state index in [1.54, 1.807) is 0 Å². The zero-order chi connectivity index (χ0) is 13.7. The Balaban J connectivity index is 2.69. The minimum atomic E-state index is 0.147. The highest BCUT2D eigenvalue weighted by Crippen LogP contribution is 2.19. The normalized spacial score (nSPS) is 14.6. The van der Waals surface area contributed by atoms with Crippen molar-refractivity contribution >= 4 is 5.69 Å². The molecule has 3 heteroatoms. The highest BCUT2D eigenvalue weighted by molar-refractivity contribution is 5.46. The van der Waals surface area contributed by atoms with Crippen LogP contribution in [-0.4, -0.2) is 31.9 Å². The third kappa shape index (κ3) is 4.00. The van der Waals surface area contributed by atoms with Gasteiger partial charge in [-0.3, -0.25) is 0 Å². The molecular formula is C15H26N2O. The van der Waals surface area contributed by atoms with E-state index in [9.17, 15) is 5.11 Å². The molecule has 102 valence electrons. The van der Waals surface area contributed by atoms with Crippen molar-refractivity contribution in [3.63, 3.8) is 0 Å². The molecule has 0 aromatic heterocycles. The van der Waals surface area contributed by atoms with Crippen molar-refractivity contribution in [2.75, 3.05) is 25.6 Å². The molecule has 1 rings (SSSR count). The maximum absolute atomic E-state index is 9.34. The minimum absolute atomic E-state index is 0.147. The van der Waals surface area contributed by atoms with E-state index in [1.807, 2.05) is 14.1 Å².